The van der Waals surface area contributed by atoms with Crippen LogP contribution >= 0.6 is 0 Å². The maximum absolute atomic E-state index is 17.4. The molecule has 0 aliphatic carbocycles. The van der Waals surface area contributed by atoms with E-state index in [1.54, 1.807) is 30.7 Å². The van der Waals surface area contributed by atoms with E-state index in [1.165, 1.54) is 6.07 Å². The number of thiol groups is 1. The number of hydrogen-bond acceptors (Lipinski definition) is 8. The Morgan fingerprint density at radius 1 is 0.964 bits per heavy atom. The van der Waals surface area contributed by atoms with Gasteiger partial charge in [-0.3, -0.25) is 9.11 Å². The number of carbonyl (C=O) groups excluding carboxylic acids is 1. The van der Waals surface area contributed by atoms with Crippen molar-refractivity contribution in [3.05, 3.63) is 47.5 Å². The van der Waals surface area contributed by atoms with Crippen molar-refractivity contribution < 1.29 is 27.3 Å². The lowest BCUT2D eigenvalue weighted by Gasteiger charge is -2.46. The Kier molecular flexibility index (Phi) is 9.81. The molecule has 0 saturated carbocycles. The second kappa shape index (κ2) is 13.8. The largest absolute Gasteiger partial charge is 0.475 e. The first-order chi connectivity index (χ1) is 25.7. The number of piperazine rings is 1. The van der Waals surface area contributed by atoms with Gasteiger partial charge in [0.15, 0.2) is 11.0 Å². The number of nitrogens with zero attached hydrogens (tertiary/aromatic N) is 5. The average Bonchev–Trinajstić information content (AvgIpc) is 3.33. The van der Waals surface area contributed by atoms with E-state index in [0.717, 1.165) is 12.8 Å². The van der Waals surface area contributed by atoms with Crippen LogP contribution in [0.15, 0.2) is 35.5 Å². The minimum atomic E-state index is -3.12. The molecule has 294 valence electrons. The summed E-state index contributed by atoms with van der Waals surface area (Å²) in [5, 5.41) is 1.45. The molecule has 2 saturated heterocycles. The van der Waals surface area contributed by atoms with Gasteiger partial charge in [0.1, 0.15) is 48.5 Å². The lowest BCUT2D eigenvalue weighted by Crippen LogP contribution is -2.63. The van der Waals surface area contributed by atoms with Crippen LogP contribution < -0.4 is 9.64 Å². The predicted molar refractivity (Wildman–Crippen MR) is 219 cm³/mol. The third-order valence-corrected chi connectivity index (χ3v) is 19.2. The summed E-state index contributed by atoms with van der Waals surface area (Å²) >= 11 is 0. The lowest BCUT2D eigenvalue weighted by atomic mass is 9.96. The number of ether oxygens (including phenoxy) is 2. The Hall–Kier alpha value is -4.15. The fourth-order valence-corrected chi connectivity index (χ4v) is 15.3. The Morgan fingerprint density at radius 3 is 2.29 bits per heavy atom. The molecule has 3 atom stereocenters. The summed E-state index contributed by atoms with van der Waals surface area (Å²) in [7, 11) is -5.39. The van der Waals surface area contributed by atoms with Crippen molar-refractivity contribution in [3.63, 3.8) is 0 Å². The summed E-state index contributed by atoms with van der Waals surface area (Å²) in [5.74, 6) is 2.58. The van der Waals surface area contributed by atoms with E-state index in [4.69, 9.17) is 19.4 Å². The van der Waals surface area contributed by atoms with Crippen LogP contribution in [0.2, 0.25) is 16.6 Å². The van der Waals surface area contributed by atoms with Gasteiger partial charge in [-0.15, -0.1) is 5.54 Å². The van der Waals surface area contributed by atoms with Crippen molar-refractivity contribution >= 4 is 51.6 Å². The van der Waals surface area contributed by atoms with Gasteiger partial charge in [0.05, 0.1) is 23.7 Å². The second-order valence-corrected chi connectivity index (χ2v) is 26.4. The van der Waals surface area contributed by atoms with Gasteiger partial charge in [-0.05, 0) is 74.2 Å². The number of halogens is 2. The van der Waals surface area contributed by atoms with Gasteiger partial charge in [0, 0.05) is 17.5 Å². The second-order valence-electron chi connectivity index (χ2n) is 17.7. The van der Waals surface area contributed by atoms with Crippen LogP contribution in [0.1, 0.15) is 80.7 Å². The number of benzene rings is 2. The minimum absolute atomic E-state index is 0.0347. The first kappa shape index (κ1) is 39.1. The van der Waals surface area contributed by atoms with Crippen molar-refractivity contribution in [2.24, 2.45) is 0 Å². The Morgan fingerprint density at radius 2 is 1.65 bits per heavy atom. The molecule has 0 spiro atoms. The van der Waals surface area contributed by atoms with Crippen LogP contribution in [0.3, 0.4) is 0 Å². The third-order valence-electron chi connectivity index (χ3n) is 11.8. The number of pyridine rings is 1. The Balaban J connectivity index is 1.44. The van der Waals surface area contributed by atoms with Crippen LogP contribution in [-0.2, 0) is 14.7 Å². The highest BCUT2D eigenvalue weighted by Crippen LogP contribution is 2.46. The fourth-order valence-electron chi connectivity index (χ4n) is 9.37. The van der Waals surface area contributed by atoms with Gasteiger partial charge in [-0.25, -0.2) is 28.5 Å². The van der Waals surface area contributed by atoms with E-state index >= 15 is 8.78 Å². The Bertz CT molecular complexity index is 2310. The summed E-state index contributed by atoms with van der Waals surface area (Å²) in [6, 6.07) is 7.65. The number of hydrogen-bond donors (Lipinski definition) is 1. The van der Waals surface area contributed by atoms with Gasteiger partial charge >= 0.3 is 6.09 Å². The maximum Gasteiger partial charge on any atom is 0.410 e. The summed E-state index contributed by atoms with van der Waals surface area (Å²) in [5.41, 5.74) is 4.37. The van der Waals surface area contributed by atoms with Crippen LogP contribution in [0, 0.1) is 23.1 Å². The van der Waals surface area contributed by atoms with Crippen LogP contribution in [0.25, 0.3) is 32.9 Å². The molecule has 3 aliphatic heterocycles. The van der Waals surface area contributed by atoms with Crippen molar-refractivity contribution in [1.82, 2.24) is 19.9 Å². The smallest absolute Gasteiger partial charge is 0.410 e. The number of carbonyl (C=O) groups is 1. The van der Waals surface area contributed by atoms with Crippen molar-refractivity contribution in [1.29, 1.82) is 0 Å². The van der Waals surface area contributed by atoms with Gasteiger partial charge in [0.25, 0.3) is 0 Å². The molecule has 0 unspecified atom stereocenters. The molecular weight excluding hydrogens is 737 g/mol. The minimum Gasteiger partial charge on any atom is -0.475 e. The van der Waals surface area contributed by atoms with E-state index in [-0.39, 0.29) is 64.0 Å². The first-order valence-electron chi connectivity index (χ1n) is 19.4. The average molecular weight is 790 g/mol. The zero-order valence-electron chi connectivity index (χ0n) is 33.8. The topological polar surface area (TPSA) is 97.8 Å². The summed E-state index contributed by atoms with van der Waals surface area (Å²) in [6.07, 6.45) is 4.21. The Labute approximate surface area is 325 Å². The number of rotatable bonds is 5. The first-order valence-corrected chi connectivity index (χ1v) is 24.2. The third kappa shape index (κ3) is 6.56. The highest BCUT2D eigenvalue weighted by Gasteiger charge is 2.52. The van der Waals surface area contributed by atoms with Gasteiger partial charge in [-0.1, -0.05) is 81.7 Å². The van der Waals surface area contributed by atoms with E-state index in [1.807, 2.05) is 31.7 Å². The molecule has 55 heavy (non-hydrogen) atoms. The molecule has 2 aromatic heterocycles. The van der Waals surface area contributed by atoms with Crippen molar-refractivity contribution in [2.75, 3.05) is 30.6 Å². The van der Waals surface area contributed by atoms with Crippen molar-refractivity contribution in [2.45, 2.75) is 121 Å². The number of fused-ring (bicyclic) bond motifs is 6. The maximum atomic E-state index is 17.4. The van der Waals surface area contributed by atoms with Crippen LogP contribution in [0.4, 0.5) is 19.4 Å². The fraction of sp³-hybridized carbons (Fsp3) is 0.524. The molecule has 0 N–H and O–H groups in total. The molecule has 0 radical (unpaired) electrons. The van der Waals surface area contributed by atoms with E-state index in [9.17, 15) is 9.00 Å². The molecule has 2 bridgehead atoms. The van der Waals surface area contributed by atoms with Crippen molar-refractivity contribution in [3.8, 4) is 28.6 Å². The number of aromatic nitrogens is 3. The van der Waals surface area contributed by atoms with E-state index in [2.05, 4.69) is 62.9 Å². The summed E-state index contributed by atoms with van der Waals surface area (Å²) in [6.45, 7) is 19.3. The molecular formula is C42H53F2N5O4SSi. The highest BCUT2D eigenvalue weighted by atomic mass is 32.2. The van der Waals surface area contributed by atoms with Crippen LogP contribution in [0.5, 0.6) is 5.88 Å². The normalized spacial score (nSPS) is 20.1. The van der Waals surface area contributed by atoms with Gasteiger partial charge < -0.3 is 14.4 Å². The molecule has 4 aromatic rings. The monoisotopic (exact) mass is 789 g/mol. The molecule has 13 heteroatoms. The van der Waals surface area contributed by atoms with Gasteiger partial charge in [-0.2, -0.15) is 0 Å². The molecule has 7 rings (SSSR count). The van der Waals surface area contributed by atoms with Gasteiger partial charge in [0.2, 0.25) is 5.88 Å². The van der Waals surface area contributed by atoms with E-state index < -0.39 is 35.2 Å². The molecule has 3 aliphatic rings. The zero-order chi connectivity index (χ0) is 39.9. The zero-order valence-corrected chi connectivity index (χ0v) is 35.6. The quantitative estimate of drug-likeness (QED) is 0.0929. The number of anilines is 1. The van der Waals surface area contributed by atoms with Crippen LogP contribution in [-0.4, -0.2) is 87.6 Å². The summed E-state index contributed by atoms with van der Waals surface area (Å²) < 4.78 is 59.5. The van der Waals surface area contributed by atoms with E-state index in [0.29, 0.717) is 45.3 Å². The molecule has 2 aromatic carbocycles. The molecule has 2 fully saturated rings. The standard InChI is InChI=1S/C42H53F2N5O4SSi/c1-23(2)55(24(3)4,25(5)6)20-19-28-30(43)17-15-26-13-12-14-29(33(26)28)36-35(44)37-34-38(47-40(46-37)54(10,11)51)48-21-27-16-18-31(32(48)22-52-39(34)45-36)49(27)41(50)53-42(7,8)9/h12-15,17,23-25,27,31-32,54H,16,18,21-22H2,1-11H3/t27-,31+,32-/m1/s1. The molecule has 9 nitrogen and oxygen atoms in total. The molecule has 5 heterocycles. The highest BCUT2D eigenvalue weighted by molar-refractivity contribution is 8.01. The lowest BCUT2D eigenvalue weighted by molar-refractivity contribution is 0.00539. The summed E-state index contributed by atoms with van der Waals surface area (Å²) in [4.78, 5) is 31.7. The number of amides is 1. The SMILES string of the molecule is CC(C)[Si](C#Cc1c(F)ccc2cccc(-c3nc4c5c(nc([SH](C)(C)=O)nc5c3F)N3C[C@H]5CC[C@@H]([C@H]3CO4)N5C(=O)OC(C)(C)C)c12)(C(C)C)C(C)C. The predicted octanol–water partition coefficient (Wildman–Crippen LogP) is 8.68. The molecule has 1 amide bonds.